The molecule has 1 heterocycles. The Balaban J connectivity index is 1.85. The number of carbonyl (C=O) groups excluding carboxylic acids is 1. The van der Waals surface area contributed by atoms with Gasteiger partial charge in [0.15, 0.2) is 6.61 Å². The van der Waals surface area contributed by atoms with Crippen molar-refractivity contribution < 1.29 is 22.7 Å². The number of amides is 1. The van der Waals surface area contributed by atoms with Crippen molar-refractivity contribution in [3.05, 3.63) is 50.6 Å². The summed E-state index contributed by atoms with van der Waals surface area (Å²) in [6, 6.07) is 9.58. The van der Waals surface area contributed by atoms with Crippen molar-refractivity contribution in [1.29, 1.82) is 0 Å². The molecule has 0 atom stereocenters. The normalized spacial score (nSPS) is 11.3. The van der Waals surface area contributed by atoms with Crippen LogP contribution in [-0.4, -0.2) is 18.7 Å². The predicted octanol–water partition coefficient (Wildman–Crippen LogP) is 4.38. The minimum absolute atomic E-state index is 0.134. The van der Waals surface area contributed by atoms with Gasteiger partial charge in [0.05, 0.1) is 8.66 Å². The van der Waals surface area contributed by atoms with Crippen LogP contribution in [0, 0.1) is 0 Å². The van der Waals surface area contributed by atoms with Crippen LogP contribution in [0.4, 0.5) is 13.2 Å². The molecule has 2 rings (SSSR count). The second kappa shape index (κ2) is 7.15. The Morgan fingerprint density at radius 3 is 2.41 bits per heavy atom. The summed E-state index contributed by atoms with van der Waals surface area (Å²) < 4.78 is 41.5. The highest BCUT2D eigenvalue weighted by Gasteiger charge is 2.28. The molecule has 0 spiro atoms. The van der Waals surface area contributed by atoms with Gasteiger partial charge in [0.2, 0.25) is 0 Å². The number of rotatable bonds is 5. The molecule has 0 radical (unpaired) electrons. The summed E-state index contributed by atoms with van der Waals surface area (Å²) in [4.78, 5) is 12.4. The van der Waals surface area contributed by atoms with Gasteiger partial charge in [-0.05, 0) is 45.8 Å². The zero-order chi connectivity index (χ0) is 16.2. The van der Waals surface area contributed by atoms with Crippen LogP contribution in [0.25, 0.3) is 0 Å². The summed E-state index contributed by atoms with van der Waals surface area (Å²) in [5.74, 6) is -0.0670. The monoisotopic (exact) mass is 393 g/mol. The largest absolute Gasteiger partial charge is 0.484 e. The first kappa shape index (κ1) is 16.8. The van der Waals surface area contributed by atoms with Gasteiger partial charge in [-0.15, -0.1) is 11.3 Å². The van der Waals surface area contributed by atoms with Gasteiger partial charge < -0.3 is 10.1 Å². The van der Waals surface area contributed by atoms with E-state index in [9.17, 15) is 18.0 Å². The lowest BCUT2D eigenvalue weighted by atomic mass is 10.2. The van der Waals surface area contributed by atoms with E-state index < -0.39 is 12.8 Å². The van der Waals surface area contributed by atoms with Gasteiger partial charge in [0.25, 0.3) is 5.91 Å². The van der Waals surface area contributed by atoms with E-state index in [0.29, 0.717) is 4.88 Å². The van der Waals surface area contributed by atoms with Crippen LogP contribution in [0.15, 0.2) is 40.2 Å². The highest BCUT2D eigenvalue weighted by atomic mass is 79.9. The van der Waals surface area contributed by atoms with Crippen LogP contribution < -0.4 is 10.1 Å². The fourth-order valence-electron chi connectivity index (χ4n) is 1.57. The summed E-state index contributed by atoms with van der Waals surface area (Å²) in [5.41, 5.74) is 0.767. The number of benzene rings is 1. The maximum Gasteiger partial charge on any atom is 0.422 e. The Bertz CT molecular complexity index is 640. The standard InChI is InChI=1S/C14H11BrF3NO2S/c15-12-6-5-11(22-12)13(20)19-7-9-1-3-10(4-2-9)21-8-14(16,17)18/h1-6H,7-8H2,(H,19,20). The zero-order valence-electron chi connectivity index (χ0n) is 11.1. The van der Waals surface area contributed by atoms with E-state index in [4.69, 9.17) is 0 Å². The molecule has 118 valence electrons. The summed E-state index contributed by atoms with van der Waals surface area (Å²) in [6.07, 6.45) is -4.36. The third kappa shape index (κ3) is 5.34. The van der Waals surface area contributed by atoms with Crippen LogP contribution in [0.5, 0.6) is 5.75 Å². The number of nitrogens with one attached hydrogen (secondary N) is 1. The maximum absolute atomic E-state index is 12.0. The van der Waals surface area contributed by atoms with E-state index in [2.05, 4.69) is 26.0 Å². The summed E-state index contributed by atoms with van der Waals surface area (Å²) >= 11 is 4.60. The van der Waals surface area contributed by atoms with E-state index in [1.54, 1.807) is 24.3 Å². The summed E-state index contributed by atoms with van der Waals surface area (Å²) in [5, 5.41) is 2.73. The van der Waals surface area contributed by atoms with Crippen molar-refractivity contribution in [3.8, 4) is 5.75 Å². The number of ether oxygens (including phenoxy) is 1. The Morgan fingerprint density at radius 1 is 1.18 bits per heavy atom. The van der Waals surface area contributed by atoms with E-state index >= 15 is 0 Å². The number of thiophene rings is 1. The quantitative estimate of drug-likeness (QED) is 0.818. The molecule has 0 fully saturated rings. The van der Waals surface area contributed by atoms with Gasteiger partial charge in [0.1, 0.15) is 5.75 Å². The van der Waals surface area contributed by atoms with Gasteiger partial charge in [-0.1, -0.05) is 12.1 Å². The minimum atomic E-state index is -4.36. The highest BCUT2D eigenvalue weighted by molar-refractivity contribution is 9.11. The fraction of sp³-hybridized carbons (Fsp3) is 0.214. The number of hydrogen-bond donors (Lipinski definition) is 1. The molecule has 0 unspecified atom stereocenters. The predicted molar refractivity (Wildman–Crippen MR) is 81.2 cm³/mol. The van der Waals surface area contributed by atoms with Gasteiger partial charge in [-0.3, -0.25) is 4.79 Å². The first-order valence-corrected chi connectivity index (χ1v) is 7.76. The molecular weight excluding hydrogens is 383 g/mol. The second-order valence-electron chi connectivity index (χ2n) is 4.33. The fourth-order valence-corrected chi connectivity index (χ4v) is 2.88. The molecule has 1 aromatic carbocycles. The Labute approximate surface area is 137 Å². The van der Waals surface area contributed by atoms with Crippen molar-refractivity contribution in [3.63, 3.8) is 0 Å². The lowest BCUT2D eigenvalue weighted by molar-refractivity contribution is -0.153. The third-order valence-corrected chi connectivity index (χ3v) is 4.20. The van der Waals surface area contributed by atoms with E-state index in [-0.39, 0.29) is 18.2 Å². The number of alkyl halides is 3. The van der Waals surface area contributed by atoms with Gasteiger partial charge >= 0.3 is 6.18 Å². The SMILES string of the molecule is O=C(NCc1ccc(OCC(F)(F)F)cc1)c1ccc(Br)s1. The molecule has 3 nitrogen and oxygen atoms in total. The zero-order valence-corrected chi connectivity index (χ0v) is 13.5. The summed E-state index contributed by atoms with van der Waals surface area (Å²) in [7, 11) is 0. The summed E-state index contributed by atoms with van der Waals surface area (Å²) in [6.45, 7) is -1.04. The number of halogens is 4. The Hall–Kier alpha value is -1.54. The number of carbonyl (C=O) groups is 1. The van der Waals surface area contributed by atoms with Crippen LogP contribution in [-0.2, 0) is 6.54 Å². The minimum Gasteiger partial charge on any atom is -0.484 e. The Kier molecular flexibility index (Phi) is 5.47. The molecule has 1 amide bonds. The van der Waals surface area contributed by atoms with E-state index in [1.807, 2.05) is 0 Å². The first-order chi connectivity index (χ1) is 10.3. The average Bonchev–Trinajstić information content (AvgIpc) is 2.89. The van der Waals surface area contributed by atoms with Crippen molar-refractivity contribution in [2.24, 2.45) is 0 Å². The molecule has 1 N–H and O–H groups in total. The molecule has 0 aliphatic rings. The topological polar surface area (TPSA) is 38.3 Å². The van der Waals surface area contributed by atoms with Crippen molar-refractivity contribution >= 4 is 33.2 Å². The maximum atomic E-state index is 12.0. The second-order valence-corrected chi connectivity index (χ2v) is 6.80. The van der Waals surface area contributed by atoms with Gasteiger partial charge in [-0.2, -0.15) is 13.2 Å². The molecule has 1 aromatic heterocycles. The van der Waals surface area contributed by atoms with Crippen LogP contribution in [0.3, 0.4) is 0 Å². The first-order valence-electron chi connectivity index (χ1n) is 6.15. The van der Waals surface area contributed by atoms with Gasteiger partial charge in [-0.25, -0.2) is 0 Å². The van der Waals surface area contributed by atoms with Crippen LogP contribution >= 0.6 is 27.3 Å². The van der Waals surface area contributed by atoms with Gasteiger partial charge in [0, 0.05) is 6.54 Å². The molecule has 8 heteroatoms. The molecule has 0 saturated heterocycles. The molecule has 0 aliphatic carbocycles. The third-order valence-electron chi connectivity index (χ3n) is 2.58. The highest BCUT2D eigenvalue weighted by Crippen LogP contribution is 2.22. The average molecular weight is 394 g/mol. The van der Waals surface area contributed by atoms with Crippen molar-refractivity contribution in [2.75, 3.05) is 6.61 Å². The van der Waals surface area contributed by atoms with Crippen molar-refractivity contribution in [2.45, 2.75) is 12.7 Å². The Morgan fingerprint density at radius 2 is 1.86 bits per heavy atom. The van der Waals surface area contributed by atoms with Crippen LogP contribution in [0.2, 0.25) is 0 Å². The molecule has 0 bridgehead atoms. The van der Waals surface area contributed by atoms with E-state index in [1.165, 1.54) is 23.5 Å². The number of hydrogen-bond acceptors (Lipinski definition) is 3. The molecule has 22 heavy (non-hydrogen) atoms. The lowest BCUT2D eigenvalue weighted by Gasteiger charge is -2.09. The van der Waals surface area contributed by atoms with Crippen LogP contribution in [0.1, 0.15) is 15.2 Å². The lowest BCUT2D eigenvalue weighted by Crippen LogP contribution is -2.21. The molecular formula is C14H11BrF3NO2S. The van der Waals surface area contributed by atoms with Crippen molar-refractivity contribution in [1.82, 2.24) is 5.32 Å². The molecule has 0 aliphatic heterocycles. The smallest absolute Gasteiger partial charge is 0.422 e. The molecule has 2 aromatic rings. The molecule has 0 saturated carbocycles. The van der Waals surface area contributed by atoms with E-state index in [0.717, 1.165) is 9.35 Å².